The second kappa shape index (κ2) is 8.88. The summed E-state index contributed by atoms with van der Waals surface area (Å²) in [4.78, 5) is 19.3. The topological polar surface area (TPSA) is 38.8 Å². The van der Waals surface area contributed by atoms with Gasteiger partial charge in [-0.15, -0.1) is 0 Å². The fourth-order valence-electron chi connectivity index (χ4n) is 3.73. The zero-order chi connectivity index (χ0) is 17.6. The molecule has 1 aromatic rings. The second-order valence-corrected chi connectivity index (χ2v) is 7.40. The number of nitrogens with one attached hydrogen (secondary N) is 1. The van der Waals surface area contributed by atoms with E-state index in [-0.39, 0.29) is 5.91 Å². The van der Waals surface area contributed by atoms with E-state index in [0.29, 0.717) is 12.6 Å². The number of likely N-dealkylation sites (tertiary alicyclic amines) is 1. The number of carbonyl (C=O) groups is 1. The Morgan fingerprint density at radius 2 is 1.76 bits per heavy atom. The molecule has 0 bridgehead atoms. The van der Waals surface area contributed by atoms with Crippen LogP contribution in [0.3, 0.4) is 0 Å². The number of carbonyl (C=O) groups excluding carboxylic acids is 1. The zero-order valence-electron chi connectivity index (χ0n) is 15.1. The van der Waals surface area contributed by atoms with Crippen molar-refractivity contribution < 1.29 is 4.79 Å². The first-order valence-corrected chi connectivity index (χ1v) is 9.77. The Morgan fingerprint density at radius 3 is 2.40 bits per heavy atom. The molecule has 0 saturated carbocycles. The lowest BCUT2D eigenvalue weighted by Crippen LogP contribution is -2.51. The fourth-order valence-corrected chi connectivity index (χ4v) is 3.98. The van der Waals surface area contributed by atoms with E-state index in [2.05, 4.69) is 33.0 Å². The molecule has 1 amide bonds. The van der Waals surface area contributed by atoms with E-state index in [1.54, 1.807) is 0 Å². The van der Waals surface area contributed by atoms with Crippen LogP contribution in [0.5, 0.6) is 0 Å². The van der Waals surface area contributed by atoms with E-state index in [4.69, 9.17) is 11.6 Å². The number of hydrogen-bond donors (Lipinski definition) is 1. The summed E-state index contributed by atoms with van der Waals surface area (Å²) in [7, 11) is 0. The Morgan fingerprint density at radius 1 is 1.08 bits per heavy atom. The summed E-state index contributed by atoms with van der Waals surface area (Å²) in [6.45, 7) is 9.61. The van der Waals surface area contributed by atoms with E-state index >= 15 is 0 Å². The van der Waals surface area contributed by atoms with E-state index in [9.17, 15) is 4.79 Å². The lowest BCUT2D eigenvalue weighted by molar-refractivity contribution is -0.123. The summed E-state index contributed by atoms with van der Waals surface area (Å²) < 4.78 is 0. The zero-order valence-corrected chi connectivity index (χ0v) is 15.8. The molecule has 3 rings (SSSR count). The molecule has 138 valence electrons. The summed E-state index contributed by atoms with van der Waals surface area (Å²) in [5.74, 6) is 0.168. The molecule has 25 heavy (non-hydrogen) atoms. The first-order valence-electron chi connectivity index (χ1n) is 9.39. The number of piperazine rings is 1. The second-order valence-electron chi connectivity index (χ2n) is 6.99. The molecular formula is C19H29ClN4O. The molecule has 5 nitrogen and oxygen atoms in total. The van der Waals surface area contributed by atoms with Gasteiger partial charge in [0.05, 0.1) is 17.3 Å². The van der Waals surface area contributed by atoms with Crippen molar-refractivity contribution in [3.05, 3.63) is 29.3 Å². The number of halogens is 1. The smallest absolute Gasteiger partial charge is 0.234 e. The summed E-state index contributed by atoms with van der Waals surface area (Å²) in [5.41, 5.74) is 1.09. The average molecular weight is 365 g/mol. The molecule has 2 heterocycles. The van der Waals surface area contributed by atoms with Gasteiger partial charge in [-0.25, -0.2) is 0 Å². The molecule has 0 unspecified atom stereocenters. The number of benzene rings is 1. The average Bonchev–Trinajstić information content (AvgIpc) is 2.63. The van der Waals surface area contributed by atoms with Gasteiger partial charge >= 0.3 is 0 Å². The highest BCUT2D eigenvalue weighted by Gasteiger charge is 2.23. The molecule has 0 spiro atoms. The van der Waals surface area contributed by atoms with Crippen LogP contribution < -0.4 is 10.2 Å². The van der Waals surface area contributed by atoms with Gasteiger partial charge in [0.2, 0.25) is 5.91 Å². The molecule has 2 aliphatic heterocycles. The fraction of sp³-hybridized carbons (Fsp3) is 0.632. The molecule has 0 aliphatic carbocycles. The van der Waals surface area contributed by atoms with Gasteiger partial charge in [0, 0.05) is 45.3 Å². The van der Waals surface area contributed by atoms with Gasteiger partial charge in [0.1, 0.15) is 0 Å². The molecule has 2 fully saturated rings. The minimum Gasteiger partial charge on any atom is -0.368 e. The Hall–Kier alpha value is -1.30. The molecular weight excluding hydrogens is 336 g/mol. The predicted molar refractivity (Wildman–Crippen MR) is 103 cm³/mol. The van der Waals surface area contributed by atoms with Crippen LogP contribution in [0.4, 0.5) is 5.69 Å². The number of para-hydroxylation sites is 1. The van der Waals surface area contributed by atoms with Crippen molar-refractivity contribution >= 4 is 23.2 Å². The Balaban J connectivity index is 1.40. The summed E-state index contributed by atoms with van der Waals surface area (Å²) in [6, 6.07) is 8.32. The van der Waals surface area contributed by atoms with Gasteiger partial charge in [0.15, 0.2) is 0 Å². The van der Waals surface area contributed by atoms with Crippen molar-refractivity contribution in [2.24, 2.45) is 0 Å². The number of piperidine rings is 1. The van der Waals surface area contributed by atoms with Crippen LogP contribution in [-0.4, -0.2) is 74.1 Å². The lowest BCUT2D eigenvalue weighted by Gasteiger charge is -2.36. The molecule has 2 saturated heterocycles. The van der Waals surface area contributed by atoms with Crippen molar-refractivity contribution in [2.45, 2.75) is 25.8 Å². The van der Waals surface area contributed by atoms with Gasteiger partial charge in [-0.3, -0.25) is 9.69 Å². The number of amides is 1. The van der Waals surface area contributed by atoms with Crippen molar-refractivity contribution in [1.29, 1.82) is 0 Å². The molecule has 0 aromatic heterocycles. The van der Waals surface area contributed by atoms with Crippen molar-refractivity contribution in [2.75, 3.05) is 57.3 Å². The quantitative estimate of drug-likeness (QED) is 0.868. The molecule has 0 atom stereocenters. The molecule has 1 aromatic carbocycles. The van der Waals surface area contributed by atoms with Gasteiger partial charge in [-0.05, 0) is 31.5 Å². The Bertz CT molecular complexity index is 566. The van der Waals surface area contributed by atoms with E-state index in [0.717, 1.165) is 69.4 Å². The largest absolute Gasteiger partial charge is 0.368 e. The Labute approximate surface area is 155 Å². The van der Waals surface area contributed by atoms with Crippen LogP contribution in [0.2, 0.25) is 5.02 Å². The third kappa shape index (κ3) is 5.09. The molecule has 1 N–H and O–H groups in total. The van der Waals surface area contributed by atoms with Crippen molar-refractivity contribution in [1.82, 2.24) is 15.1 Å². The third-order valence-electron chi connectivity index (χ3n) is 5.33. The number of hydrogen-bond acceptors (Lipinski definition) is 4. The van der Waals surface area contributed by atoms with Gasteiger partial charge in [-0.1, -0.05) is 30.7 Å². The van der Waals surface area contributed by atoms with Crippen LogP contribution in [0.15, 0.2) is 24.3 Å². The highest BCUT2D eigenvalue weighted by molar-refractivity contribution is 6.33. The highest BCUT2D eigenvalue weighted by atomic mass is 35.5. The van der Waals surface area contributed by atoms with Crippen molar-refractivity contribution in [3.8, 4) is 0 Å². The minimum absolute atomic E-state index is 0.168. The Kier molecular flexibility index (Phi) is 6.57. The lowest BCUT2D eigenvalue weighted by atomic mass is 10.1. The van der Waals surface area contributed by atoms with Crippen molar-refractivity contribution in [3.63, 3.8) is 0 Å². The SMILES string of the molecule is CCN1CCC(NC(=O)CN2CCN(c3ccccc3Cl)CC2)CC1. The van der Waals surface area contributed by atoms with Crippen LogP contribution in [0.1, 0.15) is 19.8 Å². The summed E-state index contributed by atoms with van der Waals surface area (Å²) >= 11 is 6.28. The minimum atomic E-state index is 0.168. The number of nitrogens with zero attached hydrogens (tertiary/aromatic N) is 3. The first kappa shape index (κ1) is 18.5. The molecule has 0 radical (unpaired) electrons. The monoisotopic (exact) mass is 364 g/mol. The maximum atomic E-state index is 12.3. The van der Waals surface area contributed by atoms with Gasteiger partial charge < -0.3 is 15.1 Å². The van der Waals surface area contributed by atoms with Crippen LogP contribution in [0.25, 0.3) is 0 Å². The standard InChI is InChI=1S/C19H29ClN4O/c1-2-22-9-7-16(8-10-22)21-19(25)15-23-11-13-24(14-12-23)18-6-4-3-5-17(18)20/h3-6,16H,2,7-15H2,1H3,(H,21,25). The maximum absolute atomic E-state index is 12.3. The van der Waals surface area contributed by atoms with E-state index < -0.39 is 0 Å². The predicted octanol–water partition coefficient (Wildman–Crippen LogP) is 2.06. The first-order chi connectivity index (χ1) is 12.2. The van der Waals surface area contributed by atoms with Crippen LogP contribution >= 0.6 is 11.6 Å². The number of anilines is 1. The maximum Gasteiger partial charge on any atom is 0.234 e. The number of rotatable bonds is 5. The molecule has 2 aliphatic rings. The van der Waals surface area contributed by atoms with Gasteiger partial charge in [0.25, 0.3) is 0 Å². The van der Waals surface area contributed by atoms with Gasteiger partial charge in [-0.2, -0.15) is 0 Å². The van der Waals surface area contributed by atoms with E-state index in [1.807, 2.05) is 18.2 Å². The summed E-state index contributed by atoms with van der Waals surface area (Å²) in [5, 5.41) is 4.02. The summed E-state index contributed by atoms with van der Waals surface area (Å²) in [6.07, 6.45) is 2.14. The van der Waals surface area contributed by atoms with Crippen LogP contribution in [-0.2, 0) is 4.79 Å². The van der Waals surface area contributed by atoms with E-state index in [1.165, 1.54) is 0 Å². The molecule has 6 heteroatoms. The highest BCUT2D eigenvalue weighted by Crippen LogP contribution is 2.25. The normalized spacial score (nSPS) is 20.6. The van der Waals surface area contributed by atoms with Crippen LogP contribution in [0, 0.1) is 0 Å². The third-order valence-corrected chi connectivity index (χ3v) is 5.65.